The van der Waals surface area contributed by atoms with E-state index in [9.17, 15) is 14.0 Å². The molecule has 0 N–H and O–H groups in total. The molecule has 0 unspecified atom stereocenters. The summed E-state index contributed by atoms with van der Waals surface area (Å²) in [5.41, 5.74) is 1.19. The Labute approximate surface area is 220 Å². The highest BCUT2D eigenvalue weighted by atomic mass is 19.1. The third-order valence-corrected chi connectivity index (χ3v) is 6.58. The van der Waals surface area contributed by atoms with Crippen molar-refractivity contribution in [2.45, 2.75) is 13.1 Å². The molecule has 5 rings (SSSR count). The molecule has 0 radical (unpaired) electrons. The van der Waals surface area contributed by atoms with Crippen LogP contribution in [-0.4, -0.2) is 79.2 Å². The summed E-state index contributed by atoms with van der Waals surface area (Å²) in [6.45, 7) is 4.31. The summed E-state index contributed by atoms with van der Waals surface area (Å²) in [5, 5.41) is 0. The predicted octanol–water partition coefficient (Wildman–Crippen LogP) is 3.15. The van der Waals surface area contributed by atoms with Gasteiger partial charge in [-0.2, -0.15) is 0 Å². The summed E-state index contributed by atoms with van der Waals surface area (Å²) in [6, 6.07) is 14.5. The maximum atomic E-state index is 13.7. The molecule has 3 aromatic rings. The molecule has 2 aromatic carbocycles. The maximum Gasteiger partial charge on any atom is 0.254 e. The fourth-order valence-electron chi connectivity index (χ4n) is 4.46. The normalized spacial score (nSPS) is 14.9. The van der Waals surface area contributed by atoms with Crippen LogP contribution in [0.15, 0.2) is 65.3 Å². The quantitative estimate of drug-likeness (QED) is 0.404. The molecule has 9 nitrogen and oxygen atoms in total. The fourth-order valence-corrected chi connectivity index (χ4v) is 4.46. The summed E-state index contributed by atoms with van der Waals surface area (Å²) in [4.78, 5) is 32.5. The number of hydrogen-bond donors (Lipinski definition) is 0. The Bertz CT molecular complexity index is 1230. The second-order valence-corrected chi connectivity index (χ2v) is 9.20. The lowest BCUT2D eigenvalue weighted by molar-refractivity contribution is -0.133. The van der Waals surface area contributed by atoms with Crippen molar-refractivity contribution in [2.24, 2.45) is 0 Å². The van der Waals surface area contributed by atoms with Gasteiger partial charge in [-0.1, -0.05) is 6.07 Å². The first-order valence-corrected chi connectivity index (χ1v) is 12.6. The largest absolute Gasteiger partial charge is 0.467 e. The average Bonchev–Trinajstić information content (AvgIpc) is 3.63. The van der Waals surface area contributed by atoms with Gasteiger partial charge in [0, 0.05) is 38.3 Å². The number of fused-ring (bicyclic) bond motifs is 1. The number of carbonyl (C=O) groups is 2. The maximum absolute atomic E-state index is 13.7. The third-order valence-electron chi connectivity index (χ3n) is 6.58. The molecule has 200 valence electrons. The smallest absolute Gasteiger partial charge is 0.254 e. The van der Waals surface area contributed by atoms with Crippen LogP contribution in [0.2, 0.25) is 0 Å². The van der Waals surface area contributed by atoms with Gasteiger partial charge < -0.3 is 28.4 Å². The Hall–Kier alpha value is -3.89. The van der Waals surface area contributed by atoms with Crippen LogP contribution in [-0.2, 0) is 22.6 Å². The van der Waals surface area contributed by atoms with E-state index in [0.29, 0.717) is 49.1 Å². The van der Waals surface area contributed by atoms with Crippen molar-refractivity contribution in [3.8, 4) is 11.5 Å². The average molecular weight is 524 g/mol. The number of halogens is 1. The molecule has 0 spiro atoms. The summed E-state index contributed by atoms with van der Waals surface area (Å²) >= 11 is 0. The minimum absolute atomic E-state index is 0.133. The second-order valence-electron chi connectivity index (χ2n) is 9.20. The van der Waals surface area contributed by atoms with Crippen LogP contribution < -0.4 is 9.47 Å². The van der Waals surface area contributed by atoms with E-state index >= 15 is 0 Å². The number of nitrogens with zero attached hydrogens (tertiary/aromatic N) is 3. The highest BCUT2D eigenvalue weighted by molar-refractivity contribution is 5.96. The molecule has 2 aliphatic heterocycles. The van der Waals surface area contributed by atoms with Crippen LogP contribution in [0.25, 0.3) is 0 Å². The van der Waals surface area contributed by atoms with Crippen LogP contribution in [0.3, 0.4) is 0 Å². The molecular formula is C28H30FN3O6. The molecule has 1 aromatic heterocycles. The molecule has 0 bridgehead atoms. The fraction of sp³-hybridized carbons (Fsp3) is 0.357. The van der Waals surface area contributed by atoms with Crippen LogP contribution in [0.1, 0.15) is 21.7 Å². The van der Waals surface area contributed by atoms with Gasteiger partial charge in [0.1, 0.15) is 18.1 Å². The van der Waals surface area contributed by atoms with Gasteiger partial charge in [0.25, 0.3) is 5.91 Å². The van der Waals surface area contributed by atoms with E-state index < -0.39 is 5.82 Å². The van der Waals surface area contributed by atoms with Gasteiger partial charge >= 0.3 is 0 Å². The molecule has 1 fully saturated rings. The monoisotopic (exact) mass is 523 g/mol. The van der Waals surface area contributed by atoms with Crippen molar-refractivity contribution < 1.29 is 32.6 Å². The van der Waals surface area contributed by atoms with Crippen LogP contribution in [0, 0.1) is 5.82 Å². The zero-order valence-corrected chi connectivity index (χ0v) is 21.0. The SMILES string of the molecule is O=C(CN(CCN1CCOCC1)C(=O)c1ccc(F)cc1)N(Cc1ccc2c(c1)OCO2)Cc1ccco1. The molecule has 10 heteroatoms. The van der Waals surface area contributed by atoms with Gasteiger partial charge in [0.15, 0.2) is 11.5 Å². The van der Waals surface area contributed by atoms with Crippen LogP contribution in [0.4, 0.5) is 4.39 Å². The number of rotatable bonds is 10. The van der Waals surface area contributed by atoms with Gasteiger partial charge in [0.05, 0.1) is 26.0 Å². The topological polar surface area (TPSA) is 84.7 Å². The number of carbonyl (C=O) groups excluding carboxylic acids is 2. The van der Waals surface area contributed by atoms with Crippen LogP contribution >= 0.6 is 0 Å². The molecule has 1 saturated heterocycles. The summed E-state index contributed by atoms with van der Waals surface area (Å²) in [5.74, 6) is 0.933. The molecule has 2 amide bonds. The Morgan fingerprint density at radius 2 is 1.71 bits per heavy atom. The van der Waals surface area contributed by atoms with E-state index in [0.717, 1.165) is 18.7 Å². The summed E-state index contributed by atoms with van der Waals surface area (Å²) < 4.78 is 35.3. The van der Waals surface area contributed by atoms with Crippen molar-refractivity contribution >= 4 is 11.8 Å². The summed E-state index contributed by atoms with van der Waals surface area (Å²) in [6.07, 6.45) is 1.56. The highest BCUT2D eigenvalue weighted by Crippen LogP contribution is 2.33. The van der Waals surface area contributed by atoms with E-state index in [-0.39, 0.29) is 38.2 Å². The molecule has 0 saturated carbocycles. The van der Waals surface area contributed by atoms with E-state index in [1.165, 1.54) is 29.2 Å². The molecule has 0 aliphatic carbocycles. The standard InChI is InChI=1S/C28H30FN3O6/c29-23-6-4-22(5-7-23)28(34)31(10-9-30-11-14-35-15-12-30)19-27(33)32(18-24-2-1-13-36-24)17-21-3-8-25-26(16-21)38-20-37-25/h1-8,13,16H,9-12,14-15,17-20H2. The van der Waals surface area contributed by atoms with E-state index in [4.69, 9.17) is 18.6 Å². The van der Waals surface area contributed by atoms with Gasteiger partial charge in [-0.15, -0.1) is 0 Å². The van der Waals surface area contributed by atoms with Crippen molar-refractivity contribution in [1.82, 2.24) is 14.7 Å². The van der Waals surface area contributed by atoms with E-state index in [1.54, 1.807) is 23.3 Å². The number of benzene rings is 2. The molecule has 3 heterocycles. The number of furan rings is 1. The Balaban J connectivity index is 1.34. The molecular weight excluding hydrogens is 493 g/mol. The van der Waals surface area contributed by atoms with Crippen LogP contribution in [0.5, 0.6) is 11.5 Å². The zero-order chi connectivity index (χ0) is 26.3. The van der Waals surface area contributed by atoms with Gasteiger partial charge in [0.2, 0.25) is 12.7 Å². The lowest BCUT2D eigenvalue weighted by Crippen LogP contribution is -2.47. The molecule has 2 aliphatic rings. The third kappa shape index (κ3) is 6.51. The Morgan fingerprint density at radius 3 is 2.47 bits per heavy atom. The first-order chi connectivity index (χ1) is 18.5. The van der Waals surface area contributed by atoms with E-state index in [2.05, 4.69) is 4.90 Å². The minimum Gasteiger partial charge on any atom is -0.467 e. The van der Waals surface area contributed by atoms with Crippen molar-refractivity contribution in [3.63, 3.8) is 0 Å². The van der Waals surface area contributed by atoms with Crippen molar-refractivity contribution in [3.05, 3.63) is 83.6 Å². The Morgan fingerprint density at radius 1 is 0.921 bits per heavy atom. The highest BCUT2D eigenvalue weighted by Gasteiger charge is 2.25. The summed E-state index contributed by atoms with van der Waals surface area (Å²) in [7, 11) is 0. The van der Waals surface area contributed by atoms with E-state index in [1.807, 2.05) is 18.2 Å². The van der Waals surface area contributed by atoms with Gasteiger partial charge in [-0.3, -0.25) is 14.5 Å². The lowest BCUT2D eigenvalue weighted by Gasteiger charge is -2.31. The van der Waals surface area contributed by atoms with Crippen molar-refractivity contribution in [1.29, 1.82) is 0 Å². The second kappa shape index (κ2) is 12.1. The van der Waals surface area contributed by atoms with Crippen molar-refractivity contribution in [2.75, 3.05) is 52.7 Å². The minimum atomic E-state index is -0.425. The first kappa shape index (κ1) is 25.7. The number of ether oxygens (including phenoxy) is 3. The number of morpholine rings is 1. The number of amides is 2. The first-order valence-electron chi connectivity index (χ1n) is 12.6. The lowest BCUT2D eigenvalue weighted by atomic mass is 10.1. The predicted molar refractivity (Wildman–Crippen MR) is 135 cm³/mol. The van der Waals surface area contributed by atoms with Gasteiger partial charge in [-0.05, 0) is 54.1 Å². The van der Waals surface area contributed by atoms with Gasteiger partial charge in [-0.25, -0.2) is 4.39 Å². The molecule has 0 atom stereocenters. The molecule has 38 heavy (non-hydrogen) atoms. The number of hydrogen-bond acceptors (Lipinski definition) is 7. The Kier molecular flexibility index (Phi) is 8.20. The zero-order valence-electron chi connectivity index (χ0n) is 21.0.